The first-order valence-corrected chi connectivity index (χ1v) is 12.4. The minimum Gasteiger partial charge on any atom is -0.497 e. The maximum Gasteiger partial charge on any atom is 0.277 e. The summed E-state index contributed by atoms with van der Waals surface area (Å²) in [5.74, 6) is 0.240. The van der Waals surface area contributed by atoms with Gasteiger partial charge in [-0.15, -0.1) is 0 Å². The standard InChI is InChI=1S/C30H30N4O3/c1-4-21-10-14-24(15-11-21)34-28(35)27-18-26(23-12-16-25(37-3)17-13-23)32-33(27)20-30(34,2)29(36)31-19-22-8-6-5-7-9-22/h5-18H,4,19-20H2,1-3H3,(H,31,36). The summed E-state index contributed by atoms with van der Waals surface area (Å²) in [6.45, 7) is 4.48. The molecule has 1 aliphatic rings. The number of carbonyl (C=O) groups excluding carboxylic acids is 2. The molecule has 1 aromatic heterocycles. The van der Waals surface area contributed by atoms with Crippen LogP contribution in [-0.2, 0) is 24.3 Å². The molecular weight excluding hydrogens is 464 g/mol. The number of amides is 2. The zero-order valence-electron chi connectivity index (χ0n) is 21.3. The molecule has 0 saturated carbocycles. The maximum absolute atomic E-state index is 14.0. The number of benzene rings is 3. The lowest BCUT2D eigenvalue weighted by Crippen LogP contribution is -2.64. The maximum atomic E-state index is 14.0. The molecule has 1 N–H and O–H groups in total. The van der Waals surface area contributed by atoms with Gasteiger partial charge in [-0.25, -0.2) is 0 Å². The number of ether oxygens (including phenoxy) is 1. The number of aryl methyl sites for hydroxylation is 1. The van der Waals surface area contributed by atoms with Crippen molar-refractivity contribution in [3.05, 3.63) is 102 Å². The first-order chi connectivity index (χ1) is 17.9. The van der Waals surface area contributed by atoms with Crippen LogP contribution in [0.2, 0.25) is 0 Å². The predicted octanol–water partition coefficient (Wildman–Crippen LogP) is 4.86. The Bertz CT molecular complexity index is 1410. The Morgan fingerprint density at radius 2 is 1.70 bits per heavy atom. The molecule has 0 saturated heterocycles. The lowest BCUT2D eigenvalue weighted by atomic mass is 9.93. The fraction of sp³-hybridized carbons (Fsp3) is 0.233. The van der Waals surface area contributed by atoms with Crippen LogP contribution in [0.1, 0.15) is 35.5 Å². The van der Waals surface area contributed by atoms with E-state index in [1.807, 2.05) is 78.9 Å². The number of fused-ring (bicyclic) bond motifs is 1. The van der Waals surface area contributed by atoms with Crippen molar-refractivity contribution in [3.63, 3.8) is 0 Å². The Labute approximate surface area is 216 Å². The van der Waals surface area contributed by atoms with Crippen molar-refractivity contribution in [2.45, 2.75) is 38.9 Å². The summed E-state index contributed by atoms with van der Waals surface area (Å²) < 4.78 is 6.91. The molecule has 188 valence electrons. The molecule has 0 radical (unpaired) electrons. The Kier molecular flexibility index (Phi) is 6.53. The molecule has 0 spiro atoms. The molecule has 2 amide bonds. The molecule has 5 rings (SSSR count). The molecule has 3 aromatic carbocycles. The van der Waals surface area contributed by atoms with E-state index in [-0.39, 0.29) is 18.4 Å². The highest BCUT2D eigenvalue weighted by Gasteiger charge is 2.48. The third-order valence-corrected chi connectivity index (χ3v) is 6.93. The van der Waals surface area contributed by atoms with Gasteiger partial charge in [0, 0.05) is 17.8 Å². The highest BCUT2D eigenvalue weighted by molar-refractivity contribution is 6.12. The Morgan fingerprint density at radius 3 is 2.35 bits per heavy atom. The second-order valence-corrected chi connectivity index (χ2v) is 9.40. The molecule has 0 fully saturated rings. The minimum absolute atomic E-state index is 0.223. The molecule has 37 heavy (non-hydrogen) atoms. The number of hydrogen-bond donors (Lipinski definition) is 1. The van der Waals surface area contributed by atoms with E-state index < -0.39 is 5.54 Å². The number of carbonyl (C=O) groups is 2. The smallest absolute Gasteiger partial charge is 0.277 e. The number of methoxy groups -OCH3 is 1. The van der Waals surface area contributed by atoms with Crippen LogP contribution < -0.4 is 15.0 Å². The van der Waals surface area contributed by atoms with Gasteiger partial charge in [-0.1, -0.05) is 49.4 Å². The summed E-state index contributed by atoms with van der Waals surface area (Å²) in [6.07, 6.45) is 0.890. The van der Waals surface area contributed by atoms with E-state index in [9.17, 15) is 9.59 Å². The fourth-order valence-electron chi connectivity index (χ4n) is 4.74. The lowest BCUT2D eigenvalue weighted by molar-refractivity contribution is -0.126. The molecule has 1 unspecified atom stereocenters. The summed E-state index contributed by atoms with van der Waals surface area (Å²) in [4.78, 5) is 29.3. The second-order valence-electron chi connectivity index (χ2n) is 9.40. The molecule has 0 bridgehead atoms. The van der Waals surface area contributed by atoms with Gasteiger partial charge in [-0.05, 0) is 66.9 Å². The van der Waals surface area contributed by atoms with Gasteiger partial charge in [0.15, 0.2) is 0 Å². The van der Waals surface area contributed by atoms with E-state index in [2.05, 4.69) is 12.2 Å². The number of anilines is 1. The van der Waals surface area contributed by atoms with E-state index in [0.717, 1.165) is 28.9 Å². The molecule has 0 aliphatic carbocycles. The average Bonchev–Trinajstić information content (AvgIpc) is 3.36. The molecule has 1 atom stereocenters. The number of nitrogens with zero attached hydrogens (tertiary/aromatic N) is 3. The van der Waals surface area contributed by atoms with Crippen LogP contribution in [0.25, 0.3) is 11.3 Å². The Morgan fingerprint density at radius 1 is 1.00 bits per heavy atom. The third kappa shape index (κ3) is 4.60. The van der Waals surface area contributed by atoms with E-state index >= 15 is 0 Å². The Balaban J connectivity index is 1.53. The zero-order chi connectivity index (χ0) is 26.0. The summed E-state index contributed by atoms with van der Waals surface area (Å²) >= 11 is 0. The van der Waals surface area contributed by atoms with E-state index in [0.29, 0.717) is 23.6 Å². The van der Waals surface area contributed by atoms with Crippen molar-refractivity contribution >= 4 is 17.5 Å². The minimum atomic E-state index is -1.18. The van der Waals surface area contributed by atoms with Gasteiger partial charge in [0.05, 0.1) is 19.3 Å². The topological polar surface area (TPSA) is 76.5 Å². The van der Waals surface area contributed by atoms with Gasteiger partial charge in [0.25, 0.3) is 5.91 Å². The highest BCUT2D eigenvalue weighted by Crippen LogP contribution is 2.34. The van der Waals surface area contributed by atoms with Gasteiger partial charge in [0.1, 0.15) is 17.0 Å². The van der Waals surface area contributed by atoms with E-state index in [1.54, 1.807) is 29.7 Å². The van der Waals surface area contributed by atoms with Gasteiger partial charge in [0.2, 0.25) is 5.91 Å². The largest absolute Gasteiger partial charge is 0.497 e. The number of nitrogens with one attached hydrogen (secondary N) is 1. The van der Waals surface area contributed by atoms with Crippen LogP contribution in [0.5, 0.6) is 5.75 Å². The zero-order valence-corrected chi connectivity index (χ0v) is 21.3. The second kappa shape index (κ2) is 9.93. The van der Waals surface area contributed by atoms with Crippen LogP contribution >= 0.6 is 0 Å². The SMILES string of the molecule is CCc1ccc(N2C(=O)c3cc(-c4ccc(OC)cc4)nn3CC2(C)C(=O)NCc2ccccc2)cc1. The van der Waals surface area contributed by atoms with Gasteiger partial charge in [-0.3, -0.25) is 19.2 Å². The highest BCUT2D eigenvalue weighted by atomic mass is 16.5. The Hall–Kier alpha value is -4.39. The quantitative estimate of drug-likeness (QED) is 0.398. The van der Waals surface area contributed by atoms with Gasteiger partial charge in [-0.2, -0.15) is 5.10 Å². The number of rotatable bonds is 7. The summed E-state index contributed by atoms with van der Waals surface area (Å²) in [7, 11) is 1.62. The van der Waals surface area contributed by atoms with E-state index in [1.165, 1.54) is 0 Å². The first kappa shape index (κ1) is 24.3. The average molecular weight is 495 g/mol. The fourth-order valence-corrected chi connectivity index (χ4v) is 4.74. The molecule has 4 aromatic rings. The van der Waals surface area contributed by atoms with Crippen molar-refractivity contribution < 1.29 is 14.3 Å². The molecule has 7 heteroatoms. The van der Waals surface area contributed by atoms with Crippen molar-refractivity contribution in [1.82, 2.24) is 15.1 Å². The number of aromatic nitrogens is 2. The normalized spacial score (nSPS) is 16.8. The predicted molar refractivity (Wildman–Crippen MR) is 144 cm³/mol. The molecule has 2 heterocycles. The van der Waals surface area contributed by atoms with Crippen molar-refractivity contribution in [2.24, 2.45) is 0 Å². The first-order valence-electron chi connectivity index (χ1n) is 12.4. The van der Waals surface area contributed by atoms with Crippen LogP contribution in [0.15, 0.2) is 84.9 Å². The van der Waals surface area contributed by atoms with Crippen LogP contribution in [0.4, 0.5) is 5.69 Å². The van der Waals surface area contributed by atoms with Crippen LogP contribution in [0.3, 0.4) is 0 Å². The molecule has 1 aliphatic heterocycles. The van der Waals surface area contributed by atoms with Crippen molar-refractivity contribution in [3.8, 4) is 17.0 Å². The summed E-state index contributed by atoms with van der Waals surface area (Å²) in [5.41, 5.74) is 3.62. The van der Waals surface area contributed by atoms with Crippen LogP contribution in [-0.4, -0.2) is 34.2 Å². The summed E-state index contributed by atoms with van der Waals surface area (Å²) in [6, 6.07) is 26.9. The summed E-state index contributed by atoms with van der Waals surface area (Å²) in [5, 5.41) is 7.77. The van der Waals surface area contributed by atoms with Crippen LogP contribution in [0, 0.1) is 0 Å². The van der Waals surface area contributed by atoms with Crippen molar-refractivity contribution in [1.29, 1.82) is 0 Å². The third-order valence-electron chi connectivity index (χ3n) is 6.93. The molecule has 7 nitrogen and oxygen atoms in total. The monoisotopic (exact) mass is 494 g/mol. The van der Waals surface area contributed by atoms with Crippen molar-refractivity contribution in [2.75, 3.05) is 12.0 Å². The lowest BCUT2D eigenvalue weighted by Gasteiger charge is -2.43. The van der Waals surface area contributed by atoms with E-state index in [4.69, 9.17) is 9.84 Å². The molecular formula is C30H30N4O3. The van der Waals surface area contributed by atoms with Gasteiger partial charge >= 0.3 is 0 Å². The number of hydrogen-bond acceptors (Lipinski definition) is 4. The van der Waals surface area contributed by atoms with Gasteiger partial charge < -0.3 is 10.1 Å².